The van der Waals surface area contributed by atoms with Crippen molar-refractivity contribution in [2.75, 3.05) is 10.5 Å². The Morgan fingerprint density at radius 3 is 2.09 bits per heavy atom. The highest BCUT2D eigenvalue weighted by molar-refractivity contribution is 7.92. The van der Waals surface area contributed by atoms with Gasteiger partial charge < -0.3 is 5.21 Å². The van der Waals surface area contributed by atoms with Crippen molar-refractivity contribution in [1.82, 2.24) is 0 Å². The number of halogens is 1. The molecule has 32 heavy (non-hydrogen) atoms. The fraction of sp³-hybridized carbons (Fsp3) is 0.480. The molecular weight excluding hydrogens is 444 g/mol. The Labute approximate surface area is 197 Å². The van der Waals surface area contributed by atoms with Gasteiger partial charge in [-0.3, -0.25) is 4.72 Å². The minimum Gasteiger partial charge on any atom is -0.410 e. The lowest BCUT2D eigenvalue weighted by molar-refractivity contribution is 0.319. The van der Waals surface area contributed by atoms with Crippen LogP contribution in [0.25, 0.3) is 0 Å². The summed E-state index contributed by atoms with van der Waals surface area (Å²) in [5.74, 6) is 0.0580. The molecule has 0 aliphatic carbocycles. The van der Waals surface area contributed by atoms with Crippen molar-refractivity contribution in [1.29, 1.82) is 0 Å². The molecule has 0 aliphatic heterocycles. The van der Waals surface area contributed by atoms with E-state index in [1.807, 2.05) is 18.2 Å². The van der Waals surface area contributed by atoms with E-state index in [4.69, 9.17) is 11.6 Å². The summed E-state index contributed by atoms with van der Waals surface area (Å²) in [6, 6.07) is 13.9. The molecule has 7 heteroatoms. The van der Waals surface area contributed by atoms with Crippen molar-refractivity contribution < 1.29 is 13.6 Å². The number of unbranched alkanes of at least 4 members (excludes halogenated alkanes) is 9. The minimum absolute atomic E-state index is 0.0580. The highest BCUT2D eigenvalue weighted by Gasteiger charge is 2.18. The number of sulfonamides is 1. The van der Waals surface area contributed by atoms with Gasteiger partial charge in [-0.05, 0) is 24.6 Å². The third-order valence-corrected chi connectivity index (χ3v) is 7.01. The molecule has 0 radical (unpaired) electrons. The van der Waals surface area contributed by atoms with Gasteiger partial charge in [0.1, 0.15) is 5.71 Å². The summed E-state index contributed by atoms with van der Waals surface area (Å²) in [6.07, 6.45) is 11.4. The molecule has 176 valence electrons. The zero-order valence-electron chi connectivity index (χ0n) is 18.9. The van der Waals surface area contributed by atoms with Crippen LogP contribution < -0.4 is 4.72 Å². The zero-order chi connectivity index (χ0) is 23.2. The maximum atomic E-state index is 12.7. The first kappa shape index (κ1) is 26.2. The van der Waals surface area contributed by atoms with E-state index >= 15 is 0 Å². The number of benzene rings is 2. The van der Waals surface area contributed by atoms with E-state index in [0.717, 1.165) is 19.3 Å². The number of hydrogen-bond donors (Lipinski definition) is 2. The molecule has 0 saturated heterocycles. The largest absolute Gasteiger partial charge is 0.410 e. The van der Waals surface area contributed by atoms with Crippen molar-refractivity contribution in [3.8, 4) is 0 Å². The average molecular weight is 479 g/mol. The van der Waals surface area contributed by atoms with Gasteiger partial charge >= 0.3 is 0 Å². The Morgan fingerprint density at radius 1 is 0.906 bits per heavy atom. The third kappa shape index (κ3) is 9.21. The van der Waals surface area contributed by atoms with E-state index in [9.17, 15) is 13.6 Å². The summed E-state index contributed by atoms with van der Waals surface area (Å²) >= 11 is 6.14. The first-order valence-electron chi connectivity index (χ1n) is 11.5. The van der Waals surface area contributed by atoms with Crippen molar-refractivity contribution >= 4 is 33.0 Å². The van der Waals surface area contributed by atoms with E-state index in [1.165, 1.54) is 38.5 Å². The molecule has 0 amide bonds. The minimum atomic E-state index is -3.53. The summed E-state index contributed by atoms with van der Waals surface area (Å²) in [5, 5.41) is 13.5. The van der Waals surface area contributed by atoms with Crippen LogP contribution in [-0.2, 0) is 10.0 Å². The van der Waals surface area contributed by atoms with Gasteiger partial charge in [-0.2, -0.15) is 0 Å². The van der Waals surface area contributed by atoms with Crippen molar-refractivity contribution in [3.63, 3.8) is 0 Å². The number of rotatable bonds is 15. The van der Waals surface area contributed by atoms with E-state index in [-0.39, 0.29) is 11.5 Å². The monoisotopic (exact) mass is 478 g/mol. The molecule has 0 fully saturated rings. The zero-order valence-corrected chi connectivity index (χ0v) is 20.5. The van der Waals surface area contributed by atoms with Gasteiger partial charge in [0.25, 0.3) is 0 Å². The lowest BCUT2D eigenvalue weighted by atomic mass is 10.0. The number of nitrogens with one attached hydrogen (secondary N) is 1. The summed E-state index contributed by atoms with van der Waals surface area (Å²) in [4.78, 5) is 0. The Hall–Kier alpha value is -2.05. The van der Waals surface area contributed by atoms with Crippen LogP contribution >= 0.6 is 11.6 Å². The van der Waals surface area contributed by atoms with Gasteiger partial charge in [-0.1, -0.05) is 112 Å². The second kappa shape index (κ2) is 14.2. The molecule has 0 unspecified atom stereocenters. The first-order valence-corrected chi connectivity index (χ1v) is 13.6. The van der Waals surface area contributed by atoms with Crippen molar-refractivity contribution in [2.45, 2.75) is 71.1 Å². The Morgan fingerprint density at radius 2 is 1.50 bits per heavy atom. The third-order valence-electron chi connectivity index (χ3n) is 5.42. The van der Waals surface area contributed by atoms with Crippen LogP contribution in [0.4, 0.5) is 5.69 Å². The summed E-state index contributed by atoms with van der Waals surface area (Å²) in [6.45, 7) is 2.22. The van der Waals surface area contributed by atoms with Gasteiger partial charge in [-0.15, -0.1) is 0 Å². The SMILES string of the molecule is CCCCCCCCCCCCS(=O)(=O)Nc1ccc(Cl)cc1/C(=N/O)c1ccccc1. The molecule has 0 heterocycles. The maximum Gasteiger partial charge on any atom is 0.232 e. The molecule has 2 N–H and O–H groups in total. The van der Waals surface area contributed by atoms with E-state index in [1.54, 1.807) is 30.3 Å². The molecule has 0 atom stereocenters. The second-order valence-corrected chi connectivity index (χ2v) is 10.4. The molecule has 2 aromatic carbocycles. The van der Waals surface area contributed by atoms with E-state index in [0.29, 0.717) is 28.3 Å². The Bertz CT molecular complexity index is 947. The van der Waals surface area contributed by atoms with Crippen LogP contribution in [0.3, 0.4) is 0 Å². The number of anilines is 1. The van der Waals surface area contributed by atoms with Crippen molar-refractivity contribution in [2.24, 2.45) is 5.16 Å². The van der Waals surface area contributed by atoms with Crippen LogP contribution in [0.1, 0.15) is 82.3 Å². The molecule has 0 aromatic heterocycles. The molecular formula is C25H35ClN2O3S. The summed E-state index contributed by atoms with van der Waals surface area (Å²) < 4.78 is 28.0. The smallest absolute Gasteiger partial charge is 0.232 e. The normalized spacial score (nSPS) is 12.1. The first-order chi connectivity index (χ1) is 15.5. The predicted molar refractivity (Wildman–Crippen MR) is 135 cm³/mol. The standard InChI is InChI=1S/C25H35ClN2O3S/c1-2-3-4-5-6-7-8-9-10-14-19-32(30,31)28-24-18-17-22(26)20-23(24)25(27-29)21-15-12-11-13-16-21/h11-13,15-18,20,28-29H,2-10,14,19H2,1H3/b27-25+. The van der Waals surface area contributed by atoms with E-state index in [2.05, 4.69) is 16.8 Å². The fourth-order valence-electron chi connectivity index (χ4n) is 3.66. The van der Waals surface area contributed by atoms with Gasteiger partial charge in [0.15, 0.2) is 0 Å². The van der Waals surface area contributed by atoms with Crippen molar-refractivity contribution in [3.05, 3.63) is 64.7 Å². The van der Waals surface area contributed by atoms with Crippen LogP contribution in [0.15, 0.2) is 53.7 Å². The lowest BCUT2D eigenvalue weighted by Crippen LogP contribution is -2.19. The van der Waals surface area contributed by atoms with Gasteiger partial charge in [0, 0.05) is 16.1 Å². The summed E-state index contributed by atoms with van der Waals surface area (Å²) in [7, 11) is -3.53. The number of nitrogens with zero attached hydrogens (tertiary/aromatic N) is 1. The predicted octanol–water partition coefficient (Wildman–Crippen LogP) is 7.23. The second-order valence-electron chi connectivity index (χ2n) is 8.11. The fourth-order valence-corrected chi connectivity index (χ4v) is 5.03. The highest BCUT2D eigenvalue weighted by atomic mass is 35.5. The Kier molecular flexibility index (Phi) is 11.6. The quantitative estimate of drug-likeness (QED) is 0.123. The van der Waals surface area contributed by atoms with Gasteiger partial charge in [0.2, 0.25) is 10.0 Å². The van der Waals surface area contributed by atoms with Crippen LogP contribution in [0, 0.1) is 0 Å². The van der Waals surface area contributed by atoms with Crippen LogP contribution in [-0.4, -0.2) is 25.1 Å². The molecule has 2 aromatic rings. The molecule has 2 rings (SSSR count). The van der Waals surface area contributed by atoms with E-state index < -0.39 is 10.0 Å². The molecule has 0 spiro atoms. The molecule has 0 bridgehead atoms. The average Bonchev–Trinajstić information content (AvgIpc) is 2.78. The molecule has 0 saturated carbocycles. The Balaban J connectivity index is 1.90. The lowest BCUT2D eigenvalue weighted by Gasteiger charge is -2.14. The topological polar surface area (TPSA) is 78.8 Å². The number of oxime groups is 1. The number of hydrogen-bond acceptors (Lipinski definition) is 4. The highest BCUT2D eigenvalue weighted by Crippen LogP contribution is 2.25. The molecule has 0 aliphatic rings. The van der Waals surface area contributed by atoms with Crippen LogP contribution in [0.5, 0.6) is 0 Å². The van der Waals surface area contributed by atoms with Gasteiger partial charge in [-0.25, -0.2) is 8.42 Å². The summed E-state index contributed by atoms with van der Waals surface area (Å²) in [5.41, 5.74) is 1.69. The van der Waals surface area contributed by atoms with Crippen LogP contribution in [0.2, 0.25) is 5.02 Å². The molecule has 5 nitrogen and oxygen atoms in total. The maximum absolute atomic E-state index is 12.7. The van der Waals surface area contributed by atoms with Gasteiger partial charge in [0.05, 0.1) is 11.4 Å².